The molecule has 3 aromatic rings. The molecule has 190 valence electrons. The Balaban J connectivity index is 1.69. The number of rotatable bonds is 10. The first-order chi connectivity index (χ1) is 17.5. The average Bonchev–Trinajstić information content (AvgIpc) is 2.92. The maximum Gasteiger partial charge on any atom is 0.143 e. The van der Waals surface area contributed by atoms with Crippen molar-refractivity contribution in [3.63, 3.8) is 0 Å². The molecule has 0 bridgehead atoms. The highest BCUT2D eigenvalue weighted by Gasteiger charge is 2.47. The van der Waals surface area contributed by atoms with Gasteiger partial charge in [0.25, 0.3) is 0 Å². The zero-order valence-electron chi connectivity index (χ0n) is 21.9. The molecular formula is C33H40O3. The highest BCUT2D eigenvalue weighted by molar-refractivity contribution is 5.47. The Bertz CT molecular complexity index is 999. The van der Waals surface area contributed by atoms with Crippen LogP contribution in [0.15, 0.2) is 103 Å². The van der Waals surface area contributed by atoms with Gasteiger partial charge in [-0.1, -0.05) is 110 Å². The molecule has 4 atom stereocenters. The molecule has 0 heterocycles. The molecule has 3 aromatic carbocycles. The molecule has 1 fully saturated rings. The van der Waals surface area contributed by atoms with E-state index in [9.17, 15) is 5.11 Å². The third-order valence-corrected chi connectivity index (χ3v) is 8.25. The van der Waals surface area contributed by atoms with Crippen molar-refractivity contribution in [3.8, 4) is 0 Å². The van der Waals surface area contributed by atoms with Crippen molar-refractivity contribution < 1.29 is 14.6 Å². The van der Waals surface area contributed by atoms with E-state index < -0.39 is 5.60 Å². The van der Waals surface area contributed by atoms with Gasteiger partial charge in [-0.25, -0.2) is 0 Å². The van der Waals surface area contributed by atoms with Gasteiger partial charge in [-0.15, -0.1) is 0 Å². The lowest BCUT2D eigenvalue weighted by atomic mass is 9.61. The van der Waals surface area contributed by atoms with Crippen LogP contribution in [0.1, 0.15) is 49.8 Å². The predicted octanol–water partition coefficient (Wildman–Crippen LogP) is 7.00. The van der Waals surface area contributed by atoms with Crippen molar-refractivity contribution in [1.82, 2.24) is 0 Å². The van der Waals surface area contributed by atoms with E-state index in [0.29, 0.717) is 6.61 Å². The van der Waals surface area contributed by atoms with E-state index in [2.05, 4.69) is 93.2 Å². The van der Waals surface area contributed by atoms with Crippen LogP contribution in [0.3, 0.4) is 0 Å². The minimum absolute atomic E-state index is 0.0494. The summed E-state index contributed by atoms with van der Waals surface area (Å²) in [6, 6.07) is 31.5. The van der Waals surface area contributed by atoms with Crippen molar-refractivity contribution in [2.45, 2.75) is 44.8 Å². The second-order valence-electron chi connectivity index (χ2n) is 10.5. The van der Waals surface area contributed by atoms with Gasteiger partial charge in [0.1, 0.15) is 5.60 Å². The predicted molar refractivity (Wildman–Crippen MR) is 147 cm³/mol. The van der Waals surface area contributed by atoms with E-state index in [4.69, 9.17) is 9.47 Å². The van der Waals surface area contributed by atoms with E-state index >= 15 is 0 Å². The van der Waals surface area contributed by atoms with Gasteiger partial charge in [-0.2, -0.15) is 0 Å². The molecule has 1 saturated carbocycles. The number of ether oxygens (including phenoxy) is 2. The van der Waals surface area contributed by atoms with Gasteiger partial charge >= 0.3 is 0 Å². The molecular weight excluding hydrogens is 444 g/mol. The Kier molecular flexibility index (Phi) is 8.46. The summed E-state index contributed by atoms with van der Waals surface area (Å²) in [6.45, 7) is 9.22. The zero-order valence-corrected chi connectivity index (χ0v) is 21.9. The normalized spacial score (nSPS) is 24.4. The summed E-state index contributed by atoms with van der Waals surface area (Å²) < 4.78 is 13.1. The Morgan fingerprint density at radius 1 is 0.917 bits per heavy atom. The van der Waals surface area contributed by atoms with Crippen LogP contribution in [-0.2, 0) is 15.1 Å². The first-order valence-electron chi connectivity index (χ1n) is 13.1. The molecule has 0 aliphatic heterocycles. The fourth-order valence-corrected chi connectivity index (χ4v) is 6.34. The lowest BCUT2D eigenvalue weighted by Crippen LogP contribution is -2.49. The summed E-state index contributed by atoms with van der Waals surface area (Å²) in [5, 5.41) is 10.3. The van der Waals surface area contributed by atoms with Gasteiger partial charge in [-0.05, 0) is 54.2 Å². The first-order valence-corrected chi connectivity index (χ1v) is 13.1. The molecule has 3 heteroatoms. The lowest BCUT2D eigenvalue weighted by Gasteiger charge is -2.49. The second kappa shape index (κ2) is 11.6. The number of aliphatic hydroxyl groups excluding tert-OH is 1. The number of hydrogen-bond acceptors (Lipinski definition) is 3. The van der Waals surface area contributed by atoms with Crippen molar-refractivity contribution in [2.24, 2.45) is 17.3 Å². The first kappa shape index (κ1) is 26.3. The number of benzene rings is 3. The maximum atomic E-state index is 10.3. The topological polar surface area (TPSA) is 38.7 Å². The van der Waals surface area contributed by atoms with Crippen LogP contribution in [0.25, 0.3) is 0 Å². The molecule has 36 heavy (non-hydrogen) atoms. The van der Waals surface area contributed by atoms with Crippen LogP contribution in [0.5, 0.6) is 0 Å². The molecule has 0 spiro atoms. The number of allylic oxidation sites excluding steroid dienone is 1. The monoisotopic (exact) mass is 484 g/mol. The van der Waals surface area contributed by atoms with Crippen molar-refractivity contribution >= 4 is 0 Å². The number of aliphatic hydroxyl groups is 1. The smallest absolute Gasteiger partial charge is 0.143 e. The van der Waals surface area contributed by atoms with Gasteiger partial charge in [0.05, 0.1) is 6.10 Å². The van der Waals surface area contributed by atoms with Gasteiger partial charge < -0.3 is 14.6 Å². The van der Waals surface area contributed by atoms with Crippen LogP contribution in [-0.4, -0.2) is 31.5 Å². The molecule has 0 aromatic heterocycles. The van der Waals surface area contributed by atoms with E-state index in [1.54, 1.807) is 7.11 Å². The number of methoxy groups -OCH3 is 1. The van der Waals surface area contributed by atoms with E-state index in [1.165, 1.54) is 0 Å². The second-order valence-corrected chi connectivity index (χ2v) is 10.5. The molecule has 1 aliphatic carbocycles. The Morgan fingerprint density at radius 2 is 1.39 bits per heavy atom. The largest absolute Gasteiger partial charge is 0.396 e. The Labute approximate surface area is 216 Å². The van der Waals surface area contributed by atoms with Gasteiger partial charge in [-0.3, -0.25) is 0 Å². The van der Waals surface area contributed by atoms with E-state index in [1.807, 2.05) is 18.2 Å². The standard InChI is InChI=1S/C33H40O3/c1-25(2)29-20-21-32(3,31(35-4)30(29)24-34)22-23-36-33(26-14-8-5-9-15-26,27-16-10-6-11-17-27)28-18-12-7-13-19-28/h5-19,29-31,34H,1,20-24H2,2-4H3/t29-,30-,31+,32-/m0/s1. The Hall–Kier alpha value is -2.72. The van der Waals surface area contributed by atoms with Crippen molar-refractivity contribution in [2.75, 3.05) is 20.3 Å². The molecule has 0 amide bonds. The third-order valence-electron chi connectivity index (χ3n) is 8.25. The lowest BCUT2D eigenvalue weighted by molar-refractivity contribution is -0.116. The molecule has 0 unspecified atom stereocenters. The zero-order chi connectivity index (χ0) is 25.6. The average molecular weight is 485 g/mol. The number of hydrogen-bond donors (Lipinski definition) is 1. The van der Waals surface area contributed by atoms with Crippen LogP contribution in [0, 0.1) is 17.3 Å². The molecule has 3 nitrogen and oxygen atoms in total. The van der Waals surface area contributed by atoms with Crippen LogP contribution >= 0.6 is 0 Å². The summed E-state index contributed by atoms with van der Waals surface area (Å²) >= 11 is 0. The Morgan fingerprint density at radius 3 is 1.78 bits per heavy atom. The fourth-order valence-electron chi connectivity index (χ4n) is 6.34. The van der Waals surface area contributed by atoms with Crippen molar-refractivity contribution in [3.05, 3.63) is 120 Å². The molecule has 4 rings (SSSR count). The summed E-state index contributed by atoms with van der Waals surface area (Å²) in [6.07, 6.45) is 2.80. The molecule has 1 N–H and O–H groups in total. The van der Waals surface area contributed by atoms with Crippen LogP contribution in [0.2, 0.25) is 0 Å². The third kappa shape index (κ3) is 5.06. The molecule has 0 radical (unpaired) electrons. The molecule has 1 aliphatic rings. The van der Waals surface area contributed by atoms with Gasteiger partial charge in [0.15, 0.2) is 0 Å². The van der Waals surface area contributed by atoms with E-state index in [0.717, 1.165) is 41.5 Å². The van der Waals surface area contributed by atoms with Crippen LogP contribution < -0.4 is 0 Å². The molecule has 0 saturated heterocycles. The SMILES string of the molecule is C=C(C)[C@@H]1CC[C@@](C)(CCOC(c2ccccc2)(c2ccccc2)c2ccccc2)[C@H](OC)[C@H]1CO. The maximum absolute atomic E-state index is 10.3. The minimum Gasteiger partial charge on any atom is -0.396 e. The van der Waals surface area contributed by atoms with Gasteiger partial charge in [0, 0.05) is 26.2 Å². The van der Waals surface area contributed by atoms with Gasteiger partial charge in [0.2, 0.25) is 0 Å². The summed E-state index contributed by atoms with van der Waals surface area (Å²) in [5.41, 5.74) is 3.61. The highest BCUT2D eigenvalue weighted by atomic mass is 16.5. The fraction of sp³-hybridized carbons (Fsp3) is 0.394. The quantitative estimate of drug-likeness (QED) is 0.249. The summed E-state index contributed by atoms with van der Waals surface area (Å²) in [4.78, 5) is 0. The summed E-state index contributed by atoms with van der Waals surface area (Å²) in [5.74, 6) is 0.333. The summed E-state index contributed by atoms with van der Waals surface area (Å²) in [7, 11) is 1.77. The highest BCUT2D eigenvalue weighted by Crippen LogP contribution is 2.49. The van der Waals surface area contributed by atoms with E-state index in [-0.39, 0.29) is 30.0 Å². The van der Waals surface area contributed by atoms with Crippen LogP contribution in [0.4, 0.5) is 0 Å². The van der Waals surface area contributed by atoms with Crippen molar-refractivity contribution in [1.29, 1.82) is 0 Å². The minimum atomic E-state index is -0.728.